The molecule has 4 rings (SSSR count). The Balaban J connectivity index is 1.50. The van der Waals surface area contributed by atoms with Crippen LogP contribution in [-0.2, 0) is 0 Å². The minimum absolute atomic E-state index is 0.557. The fraction of sp³-hybridized carbons (Fsp3) is 0.375. The summed E-state index contributed by atoms with van der Waals surface area (Å²) in [5, 5.41) is 5.20. The zero-order chi connectivity index (χ0) is 16.4. The molecule has 0 amide bonds. The number of thiophene rings is 1. The Hall–Kier alpha value is -2.32. The lowest BCUT2D eigenvalue weighted by molar-refractivity contribution is 0.270. The van der Waals surface area contributed by atoms with Crippen LogP contribution < -0.4 is 10.2 Å². The molecule has 124 valence electrons. The standard InChI is InChI=1S/C16H19N7S/c1-2-22-4-6-23(7-5-22)15-9-14(18-11-19-15)21-16-17-10-13-12(20-16)3-8-24-13/h3,8-11H,2,4-7H2,1H3,(H,17,18,19,20,21). The first kappa shape index (κ1) is 15.2. The van der Waals surface area contributed by atoms with Gasteiger partial charge >= 0.3 is 0 Å². The highest BCUT2D eigenvalue weighted by atomic mass is 32.1. The Bertz CT molecular complexity index is 826. The predicted molar refractivity (Wildman–Crippen MR) is 97.1 cm³/mol. The minimum atomic E-state index is 0.557. The van der Waals surface area contributed by atoms with E-state index >= 15 is 0 Å². The molecular weight excluding hydrogens is 322 g/mol. The number of anilines is 3. The highest BCUT2D eigenvalue weighted by Crippen LogP contribution is 2.21. The summed E-state index contributed by atoms with van der Waals surface area (Å²) in [4.78, 5) is 22.3. The van der Waals surface area contributed by atoms with Crippen LogP contribution in [-0.4, -0.2) is 57.6 Å². The number of fused-ring (bicyclic) bond motifs is 1. The van der Waals surface area contributed by atoms with Crippen LogP contribution in [0.3, 0.4) is 0 Å². The maximum atomic E-state index is 4.50. The van der Waals surface area contributed by atoms with Crippen LogP contribution in [0.15, 0.2) is 30.0 Å². The molecule has 8 heteroatoms. The molecule has 0 spiro atoms. The van der Waals surface area contributed by atoms with Gasteiger partial charge in [-0.25, -0.2) is 19.9 Å². The molecule has 0 aliphatic carbocycles. The molecule has 0 bridgehead atoms. The topological polar surface area (TPSA) is 70.1 Å². The van der Waals surface area contributed by atoms with Gasteiger partial charge in [0.25, 0.3) is 0 Å². The molecule has 1 saturated heterocycles. The number of hydrogen-bond acceptors (Lipinski definition) is 8. The van der Waals surface area contributed by atoms with Crippen LogP contribution in [0.5, 0.6) is 0 Å². The van der Waals surface area contributed by atoms with Crippen LogP contribution in [0.4, 0.5) is 17.6 Å². The SMILES string of the molecule is CCN1CCN(c2cc(Nc3ncc4sccc4n3)ncn2)CC1. The number of aromatic nitrogens is 4. The predicted octanol–water partition coefficient (Wildman–Crippen LogP) is 2.37. The molecule has 1 N–H and O–H groups in total. The summed E-state index contributed by atoms with van der Waals surface area (Å²) in [6, 6.07) is 3.95. The van der Waals surface area contributed by atoms with Crippen molar-refractivity contribution in [2.75, 3.05) is 42.9 Å². The molecular formula is C16H19N7S. The number of hydrogen-bond donors (Lipinski definition) is 1. The van der Waals surface area contributed by atoms with Crippen molar-refractivity contribution in [1.29, 1.82) is 0 Å². The van der Waals surface area contributed by atoms with E-state index in [2.05, 4.69) is 42.0 Å². The van der Waals surface area contributed by atoms with Gasteiger partial charge < -0.3 is 15.1 Å². The van der Waals surface area contributed by atoms with Crippen LogP contribution >= 0.6 is 11.3 Å². The Kier molecular flexibility index (Phi) is 4.22. The van der Waals surface area contributed by atoms with E-state index < -0.39 is 0 Å². The largest absolute Gasteiger partial charge is 0.354 e. The summed E-state index contributed by atoms with van der Waals surface area (Å²) < 4.78 is 1.08. The lowest BCUT2D eigenvalue weighted by Gasteiger charge is -2.34. The first-order valence-electron chi connectivity index (χ1n) is 8.08. The molecule has 0 unspecified atom stereocenters. The second-order valence-electron chi connectivity index (χ2n) is 5.67. The van der Waals surface area contributed by atoms with Gasteiger partial charge in [0.15, 0.2) is 0 Å². The second-order valence-corrected chi connectivity index (χ2v) is 6.62. The maximum Gasteiger partial charge on any atom is 0.228 e. The molecule has 4 heterocycles. The van der Waals surface area contributed by atoms with E-state index in [0.29, 0.717) is 11.8 Å². The van der Waals surface area contributed by atoms with Gasteiger partial charge in [-0.1, -0.05) is 6.92 Å². The van der Waals surface area contributed by atoms with Gasteiger partial charge in [-0.3, -0.25) is 0 Å². The number of nitrogens with one attached hydrogen (secondary N) is 1. The van der Waals surface area contributed by atoms with Crippen molar-refractivity contribution in [2.24, 2.45) is 0 Å². The monoisotopic (exact) mass is 341 g/mol. The molecule has 0 saturated carbocycles. The van der Waals surface area contributed by atoms with E-state index in [1.54, 1.807) is 17.7 Å². The van der Waals surface area contributed by atoms with Crippen molar-refractivity contribution in [3.63, 3.8) is 0 Å². The highest BCUT2D eigenvalue weighted by Gasteiger charge is 2.17. The highest BCUT2D eigenvalue weighted by molar-refractivity contribution is 7.17. The number of piperazine rings is 1. The van der Waals surface area contributed by atoms with Crippen LogP contribution in [0, 0.1) is 0 Å². The van der Waals surface area contributed by atoms with Crippen molar-refractivity contribution in [3.05, 3.63) is 30.0 Å². The Morgan fingerprint density at radius 2 is 2.04 bits per heavy atom. The fourth-order valence-corrected chi connectivity index (χ4v) is 3.51. The zero-order valence-corrected chi connectivity index (χ0v) is 14.3. The van der Waals surface area contributed by atoms with Crippen LogP contribution in [0.1, 0.15) is 6.92 Å². The van der Waals surface area contributed by atoms with Crippen molar-refractivity contribution < 1.29 is 0 Å². The Labute approximate surface area is 144 Å². The summed E-state index contributed by atoms with van der Waals surface area (Å²) in [5.41, 5.74) is 0.947. The third-order valence-corrected chi connectivity index (χ3v) is 5.08. The summed E-state index contributed by atoms with van der Waals surface area (Å²) in [6.45, 7) is 7.42. The van der Waals surface area contributed by atoms with Gasteiger partial charge in [0.2, 0.25) is 5.95 Å². The first-order valence-corrected chi connectivity index (χ1v) is 8.96. The lowest BCUT2D eigenvalue weighted by atomic mass is 10.3. The molecule has 1 aliphatic rings. The summed E-state index contributed by atoms with van der Waals surface area (Å²) in [5.74, 6) is 2.22. The lowest BCUT2D eigenvalue weighted by Crippen LogP contribution is -2.46. The van der Waals surface area contributed by atoms with Gasteiger partial charge in [-0.15, -0.1) is 11.3 Å². The molecule has 24 heavy (non-hydrogen) atoms. The van der Waals surface area contributed by atoms with Gasteiger partial charge in [-0.05, 0) is 18.0 Å². The second kappa shape index (κ2) is 6.66. The molecule has 1 aliphatic heterocycles. The van der Waals surface area contributed by atoms with E-state index in [-0.39, 0.29) is 0 Å². The third-order valence-electron chi connectivity index (χ3n) is 4.24. The average molecular weight is 341 g/mol. The van der Waals surface area contributed by atoms with Crippen molar-refractivity contribution >= 4 is 39.1 Å². The van der Waals surface area contributed by atoms with Crippen LogP contribution in [0.2, 0.25) is 0 Å². The third kappa shape index (κ3) is 3.15. The fourth-order valence-electron chi connectivity index (χ4n) is 2.82. The van der Waals surface area contributed by atoms with E-state index in [1.165, 1.54) is 0 Å². The minimum Gasteiger partial charge on any atom is -0.354 e. The van der Waals surface area contributed by atoms with Crippen molar-refractivity contribution in [2.45, 2.75) is 6.92 Å². The molecule has 7 nitrogen and oxygen atoms in total. The zero-order valence-electron chi connectivity index (χ0n) is 13.5. The molecule has 1 fully saturated rings. The molecule has 0 radical (unpaired) electrons. The first-order chi connectivity index (χ1) is 11.8. The molecule has 0 aromatic carbocycles. The van der Waals surface area contributed by atoms with Gasteiger partial charge in [0.05, 0.1) is 16.4 Å². The molecule has 0 atom stereocenters. The Morgan fingerprint density at radius 3 is 2.88 bits per heavy atom. The van der Waals surface area contributed by atoms with E-state index in [1.807, 2.05) is 23.7 Å². The summed E-state index contributed by atoms with van der Waals surface area (Å²) >= 11 is 1.64. The normalized spacial score (nSPS) is 15.8. The number of rotatable bonds is 4. The summed E-state index contributed by atoms with van der Waals surface area (Å²) in [7, 11) is 0. The molecule has 3 aromatic rings. The smallest absolute Gasteiger partial charge is 0.228 e. The maximum absolute atomic E-state index is 4.50. The van der Waals surface area contributed by atoms with Gasteiger partial charge in [0, 0.05) is 32.2 Å². The molecule has 3 aromatic heterocycles. The van der Waals surface area contributed by atoms with E-state index in [9.17, 15) is 0 Å². The Morgan fingerprint density at radius 1 is 1.17 bits per heavy atom. The number of nitrogens with zero attached hydrogens (tertiary/aromatic N) is 6. The quantitative estimate of drug-likeness (QED) is 0.781. The number of likely N-dealkylation sites (N-methyl/N-ethyl adjacent to an activating group) is 1. The summed E-state index contributed by atoms with van der Waals surface area (Å²) in [6.07, 6.45) is 3.42. The average Bonchev–Trinajstić information content (AvgIpc) is 3.10. The van der Waals surface area contributed by atoms with Gasteiger partial charge in [0.1, 0.15) is 18.0 Å². The van der Waals surface area contributed by atoms with Crippen molar-refractivity contribution in [3.8, 4) is 0 Å². The van der Waals surface area contributed by atoms with Crippen LogP contribution in [0.25, 0.3) is 10.2 Å². The van der Waals surface area contributed by atoms with Gasteiger partial charge in [-0.2, -0.15) is 0 Å². The van der Waals surface area contributed by atoms with E-state index in [4.69, 9.17) is 0 Å². The van der Waals surface area contributed by atoms with Crippen molar-refractivity contribution in [1.82, 2.24) is 24.8 Å². The van der Waals surface area contributed by atoms with E-state index in [0.717, 1.165) is 48.8 Å².